The van der Waals surface area contributed by atoms with Crippen molar-refractivity contribution in [1.29, 1.82) is 0 Å². The van der Waals surface area contributed by atoms with Crippen LogP contribution in [0.1, 0.15) is 19.3 Å². The zero-order valence-electron chi connectivity index (χ0n) is 10.1. The molecule has 7 nitrogen and oxygen atoms in total. The van der Waals surface area contributed by atoms with Crippen LogP contribution in [0.4, 0.5) is 5.69 Å². The van der Waals surface area contributed by atoms with Gasteiger partial charge in [-0.2, -0.15) is 15.4 Å². The number of aromatic nitrogens is 3. The molecule has 7 heteroatoms. The van der Waals surface area contributed by atoms with E-state index in [9.17, 15) is 9.59 Å². The van der Waals surface area contributed by atoms with Crippen LogP contribution in [0.25, 0.3) is 11.0 Å². The lowest BCUT2D eigenvalue weighted by molar-refractivity contribution is -0.128. The summed E-state index contributed by atoms with van der Waals surface area (Å²) in [7, 11) is 0. The van der Waals surface area contributed by atoms with Crippen molar-refractivity contribution in [1.82, 2.24) is 20.7 Å². The number of nitrogens with zero attached hydrogens (tertiary/aromatic N) is 2. The summed E-state index contributed by atoms with van der Waals surface area (Å²) < 4.78 is 0. The van der Waals surface area contributed by atoms with Gasteiger partial charge in [0.25, 0.3) is 0 Å². The number of hydrogen-bond acceptors (Lipinski definition) is 4. The van der Waals surface area contributed by atoms with E-state index in [1.165, 1.54) is 0 Å². The third-order valence-corrected chi connectivity index (χ3v) is 3.15. The number of anilines is 1. The molecule has 3 rings (SSSR count). The van der Waals surface area contributed by atoms with Crippen molar-refractivity contribution in [3.8, 4) is 0 Å². The van der Waals surface area contributed by atoms with Crippen molar-refractivity contribution in [3.63, 3.8) is 0 Å². The van der Waals surface area contributed by atoms with Gasteiger partial charge in [0, 0.05) is 6.42 Å². The Kier molecular flexibility index (Phi) is 2.86. The molecule has 1 aliphatic rings. The van der Waals surface area contributed by atoms with Gasteiger partial charge < -0.3 is 10.6 Å². The minimum Gasteiger partial charge on any atom is -0.344 e. The third kappa shape index (κ3) is 2.26. The number of piperidine rings is 1. The molecule has 0 spiro atoms. The smallest absolute Gasteiger partial charge is 0.247 e. The number of hydrogen-bond donors (Lipinski definition) is 3. The molecule has 0 bridgehead atoms. The van der Waals surface area contributed by atoms with E-state index in [0.29, 0.717) is 29.6 Å². The number of aromatic amines is 1. The van der Waals surface area contributed by atoms with Gasteiger partial charge >= 0.3 is 0 Å². The van der Waals surface area contributed by atoms with Gasteiger partial charge in [-0.05, 0) is 25.0 Å². The van der Waals surface area contributed by atoms with Gasteiger partial charge in [0.1, 0.15) is 17.1 Å². The topological polar surface area (TPSA) is 99.8 Å². The highest BCUT2D eigenvalue weighted by molar-refractivity contribution is 6.02. The Morgan fingerprint density at radius 3 is 3.11 bits per heavy atom. The van der Waals surface area contributed by atoms with E-state index < -0.39 is 6.04 Å². The summed E-state index contributed by atoms with van der Waals surface area (Å²) in [5, 5.41) is 15.9. The van der Waals surface area contributed by atoms with Gasteiger partial charge in [0.15, 0.2) is 0 Å². The summed E-state index contributed by atoms with van der Waals surface area (Å²) in [6.07, 6.45) is 1.88. The number of fused-ring (bicyclic) bond motifs is 1. The maximum atomic E-state index is 12.1. The van der Waals surface area contributed by atoms with Gasteiger partial charge in [-0.25, -0.2) is 0 Å². The minimum absolute atomic E-state index is 0.0777. The second-order valence-corrected chi connectivity index (χ2v) is 4.50. The van der Waals surface area contributed by atoms with Crippen LogP contribution in [-0.2, 0) is 9.59 Å². The number of H-pyrrole nitrogens is 1. The van der Waals surface area contributed by atoms with Gasteiger partial charge in [-0.1, -0.05) is 6.07 Å². The third-order valence-electron chi connectivity index (χ3n) is 3.15. The zero-order valence-corrected chi connectivity index (χ0v) is 10.1. The van der Waals surface area contributed by atoms with Crippen LogP contribution in [0.3, 0.4) is 0 Å². The number of para-hydroxylation sites is 1. The molecule has 19 heavy (non-hydrogen) atoms. The fourth-order valence-electron chi connectivity index (χ4n) is 2.19. The maximum absolute atomic E-state index is 12.1. The van der Waals surface area contributed by atoms with E-state index in [0.717, 1.165) is 6.42 Å². The van der Waals surface area contributed by atoms with Crippen molar-refractivity contribution in [2.24, 2.45) is 0 Å². The van der Waals surface area contributed by atoms with Crippen molar-refractivity contribution in [3.05, 3.63) is 18.2 Å². The van der Waals surface area contributed by atoms with Crippen LogP contribution < -0.4 is 10.6 Å². The minimum atomic E-state index is -0.469. The molecule has 2 aromatic rings. The second kappa shape index (κ2) is 4.68. The molecule has 1 saturated heterocycles. The summed E-state index contributed by atoms with van der Waals surface area (Å²) in [4.78, 5) is 23.4. The van der Waals surface area contributed by atoms with E-state index in [1.807, 2.05) is 0 Å². The average Bonchev–Trinajstić information content (AvgIpc) is 2.88. The molecular formula is C12H13N5O2. The molecule has 0 aliphatic carbocycles. The number of nitrogens with one attached hydrogen (secondary N) is 3. The maximum Gasteiger partial charge on any atom is 0.247 e. The first-order valence-corrected chi connectivity index (χ1v) is 6.14. The lowest BCUT2D eigenvalue weighted by Crippen LogP contribution is -2.46. The number of amides is 2. The molecule has 2 amide bonds. The van der Waals surface area contributed by atoms with E-state index >= 15 is 0 Å². The summed E-state index contributed by atoms with van der Waals surface area (Å²) in [6.45, 7) is 0. The Labute approximate surface area is 108 Å². The first-order valence-electron chi connectivity index (χ1n) is 6.14. The molecule has 1 unspecified atom stereocenters. The van der Waals surface area contributed by atoms with Crippen LogP contribution >= 0.6 is 0 Å². The molecule has 3 N–H and O–H groups in total. The number of carbonyl (C=O) groups is 2. The summed E-state index contributed by atoms with van der Waals surface area (Å²) >= 11 is 0. The number of benzene rings is 1. The van der Waals surface area contributed by atoms with E-state index in [2.05, 4.69) is 26.0 Å². The molecule has 1 aliphatic heterocycles. The SMILES string of the molecule is O=C1CCCC(C(=O)Nc2cccc3n[nH]nc23)N1. The molecule has 0 saturated carbocycles. The Morgan fingerprint density at radius 2 is 2.26 bits per heavy atom. The first-order chi connectivity index (χ1) is 9.24. The normalized spacial score (nSPS) is 19.2. The monoisotopic (exact) mass is 259 g/mol. The molecule has 98 valence electrons. The molecule has 1 atom stereocenters. The fourth-order valence-corrected chi connectivity index (χ4v) is 2.19. The van der Waals surface area contributed by atoms with Gasteiger partial charge in [-0.3, -0.25) is 9.59 Å². The average molecular weight is 259 g/mol. The van der Waals surface area contributed by atoms with Gasteiger partial charge in [0.05, 0.1) is 5.69 Å². The van der Waals surface area contributed by atoms with E-state index in [-0.39, 0.29) is 11.8 Å². The Balaban J connectivity index is 1.79. The summed E-state index contributed by atoms with van der Waals surface area (Å²) in [6, 6.07) is 4.88. The largest absolute Gasteiger partial charge is 0.344 e. The highest BCUT2D eigenvalue weighted by Crippen LogP contribution is 2.19. The molecule has 1 aromatic carbocycles. The van der Waals surface area contributed by atoms with Crippen LogP contribution in [0.5, 0.6) is 0 Å². The molecule has 0 radical (unpaired) electrons. The summed E-state index contributed by atoms with van der Waals surface area (Å²) in [5.74, 6) is -0.297. The van der Waals surface area contributed by atoms with Crippen LogP contribution in [0.2, 0.25) is 0 Å². The van der Waals surface area contributed by atoms with Crippen molar-refractivity contribution in [2.75, 3.05) is 5.32 Å². The van der Waals surface area contributed by atoms with E-state index in [1.54, 1.807) is 18.2 Å². The van der Waals surface area contributed by atoms with Crippen molar-refractivity contribution < 1.29 is 9.59 Å². The highest BCUT2D eigenvalue weighted by atomic mass is 16.2. The van der Waals surface area contributed by atoms with Crippen LogP contribution in [-0.4, -0.2) is 33.3 Å². The Hall–Kier alpha value is -2.44. The van der Waals surface area contributed by atoms with E-state index in [4.69, 9.17) is 0 Å². The van der Waals surface area contributed by atoms with Crippen molar-refractivity contribution in [2.45, 2.75) is 25.3 Å². The highest BCUT2D eigenvalue weighted by Gasteiger charge is 2.25. The fraction of sp³-hybridized carbons (Fsp3) is 0.333. The molecule has 1 aromatic heterocycles. The van der Waals surface area contributed by atoms with Crippen LogP contribution in [0, 0.1) is 0 Å². The zero-order chi connectivity index (χ0) is 13.2. The quantitative estimate of drug-likeness (QED) is 0.733. The van der Waals surface area contributed by atoms with Gasteiger partial charge in [0.2, 0.25) is 11.8 Å². The van der Waals surface area contributed by atoms with Gasteiger partial charge in [-0.15, -0.1) is 0 Å². The molecule has 2 heterocycles. The number of carbonyl (C=O) groups excluding carboxylic acids is 2. The lowest BCUT2D eigenvalue weighted by Gasteiger charge is -2.22. The number of rotatable bonds is 2. The standard InChI is InChI=1S/C12H13N5O2/c18-10-6-2-5-9(13-10)12(19)14-7-3-1-4-8-11(7)16-17-15-8/h1,3-4,9H,2,5-6H2,(H,13,18)(H,14,19)(H,15,16,17). The Bertz CT molecular complexity index is 636. The predicted octanol–water partition coefficient (Wildman–Crippen LogP) is 0.565. The molecular weight excluding hydrogens is 246 g/mol. The predicted molar refractivity (Wildman–Crippen MR) is 68.3 cm³/mol. The van der Waals surface area contributed by atoms with Crippen molar-refractivity contribution >= 4 is 28.5 Å². The second-order valence-electron chi connectivity index (χ2n) is 4.50. The molecule has 1 fully saturated rings. The summed E-state index contributed by atoms with van der Waals surface area (Å²) in [5.41, 5.74) is 1.89. The lowest BCUT2D eigenvalue weighted by atomic mass is 10.0. The Morgan fingerprint density at radius 1 is 1.37 bits per heavy atom. The van der Waals surface area contributed by atoms with Crippen LogP contribution in [0.15, 0.2) is 18.2 Å². The first kappa shape index (κ1) is 11.6.